The quantitative estimate of drug-likeness (QED) is 0.773. The van der Waals surface area contributed by atoms with Crippen molar-refractivity contribution in [2.24, 2.45) is 0 Å². The second kappa shape index (κ2) is 8.33. The van der Waals surface area contributed by atoms with Crippen LogP contribution in [0.3, 0.4) is 0 Å². The van der Waals surface area contributed by atoms with Crippen LogP contribution < -0.4 is 4.90 Å². The van der Waals surface area contributed by atoms with E-state index in [-0.39, 0.29) is 17.4 Å². The van der Waals surface area contributed by atoms with Gasteiger partial charge in [-0.2, -0.15) is 0 Å². The fourth-order valence-corrected chi connectivity index (χ4v) is 3.70. The average Bonchev–Trinajstić information content (AvgIpc) is 3.13. The monoisotopic (exact) mass is 374 g/mol. The zero-order chi connectivity index (χ0) is 19.4. The molecule has 0 amide bonds. The molecule has 0 radical (unpaired) electrons. The van der Waals surface area contributed by atoms with E-state index < -0.39 is 0 Å². The average molecular weight is 375 g/mol. The number of benzene rings is 1. The first-order valence-corrected chi connectivity index (χ1v) is 9.93. The first-order chi connectivity index (χ1) is 12.9. The number of hydrogen-bond acceptors (Lipinski definition) is 5. The third kappa shape index (κ3) is 4.64. The van der Waals surface area contributed by atoms with Crippen LogP contribution in [-0.4, -0.2) is 51.3 Å². The van der Waals surface area contributed by atoms with Crippen LogP contribution in [0.5, 0.6) is 0 Å². The molecule has 27 heavy (non-hydrogen) atoms. The number of halogens is 1. The highest BCUT2D eigenvalue weighted by Gasteiger charge is 2.31. The van der Waals surface area contributed by atoms with E-state index in [2.05, 4.69) is 53.0 Å². The molecule has 1 aromatic heterocycles. The zero-order valence-corrected chi connectivity index (χ0v) is 16.9. The minimum atomic E-state index is -0.189. The number of nitrogens with zero attached hydrogens (tertiary/aromatic N) is 6. The molecule has 1 atom stereocenters. The van der Waals surface area contributed by atoms with Gasteiger partial charge >= 0.3 is 0 Å². The fraction of sp³-hybridized carbons (Fsp3) is 0.650. The van der Waals surface area contributed by atoms with Gasteiger partial charge in [-0.25, -0.2) is 9.07 Å². The maximum Gasteiger partial charge on any atom is 0.168 e. The van der Waals surface area contributed by atoms with Crippen LogP contribution in [0.1, 0.15) is 58.8 Å². The molecular weight excluding hydrogens is 343 g/mol. The lowest BCUT2D eigenvalue weighted by atomic mass is 10.0. The van der Waals surface area contributed by atoms with E-state index in [9.17, 15) is 4.39 Å². The molecule has 0 bridgehead atoms. The lowest BCUT2D eigenvalue weighted by molar-refractivity contribution is 0.155. The van der Waals surface area contributed by atoms with Crippen LogP contribution in [0, 0.1) is 5.82 Å². The standard InChI is InChI=1S/C20H31FN6/c1-5-6-7-18(19-22-23-24-27(19)20(2,3)4)26-14-12-25(13-15-26)17-10-8-16(21)9-11-17/h8-11,18H,5-7,12-15H2,1-4H3/t18-/m0/s1. The Balaban J connectivity index is 1.74. The summed E-state index contributed by atoms with van der Waals surface area (Å²) >= 11 is 0. The van der Waals surface area contributed by atoms with Crippen molar-refractivity contribution in [2.75, 3.05) is 31.1 Å². The molecule has 0 spiro atoms. The smallest absolute Gasteiger partial charge is 0.168 e. The predicted molar refractivity (Wildman–Crippen MR) is 105 cm³/mol. The summed E-state index contributed by atoms with van der Waals surface area (Å²) in [6.45, 7) is 12.4. The number of piperazine rings is 1. The number of tetrazole rings is 1. The molecule has 0 aliphatic carbocycles. The Kier molecular flexibility index (Phi) is 6.09. The Labute approximate surface area is 161 Å². The van der Waals surface area contributed by atoms with E-state index in [0.717, 1.165) is 57.0 Å². The highest BCUT2D eigenvalue weighted by Crippen LogP contribution is 2.29. The van der Waals surface area contributed by atoms with E-state index in [1.165, 1.54) is 12.1 Å². The van der Waals surface area contributed by atoms with Gasteiger partial charge in [0.25, 0.3) is 0 Å². The lowest BCUT2D eigenvalue weighted by Gasteiger charge is -2.40. The molecule has 2 heterocycles. The molecule has 148 valence electrons. The maximum atomic E-state index is 13.2. The molecule has 1 saturated heterocycles. The topological polar surface area (TPSA) is 50.1 Å². The third-order valence-electron chi connectivity index (χ3n) is 5.21. The number of rotatable bonds is 6. The molecule has 3 rings (SSSR count). The number of hydrogen-bond donors (Lipinski definition) is 0. The Morgan fingerprint density at radius 2 is 1.74 bits per heavy atom. The minimum absolute atomic E-state index is 0.140. The summed E-state index contributed by atoms with van der Waals surface area (Å²) < 4.78 is 15.2. The van der Waals surface area contributed by atoms with Crippen molar-refractivity contribution >= 4 is 5.69 Å². The van der Waals surface area contributed by atoms with Crippen molar-refractivity contribution in [1.82, 2.24) is 25.1 Å². The van der Waals surface area contributed by atoms with Crippen molar-refractivity contribution in [1.29, 1.82) is 0 Å². The van der Waals surface area contributed by atoms with Gasteiger partial charge in [0, 0.05) is 31.9 Å². The normalized spacial score (nSPS) is 17.3. The van der Waals surface area contributed by atoms with Crippen LogP contribution in [0.4, 0.5) is 10.1 Å². The van der Waals surface area contributed by atoms with Gasteiger partial charge in [-0.05, 0) is 61.9 Å². The van der Waals surface area contributed by atoms with E-state index in [1.54, 1.807) is 0 Å². The number of unbranched alkanes of at least 4 members (excludes halogenated alkanes) is 1. The van der Waals surface area contributed by atoms with Crippen LogP contribution >= 0.6 is 0 Å². The maximum absolute atomic E-state index is 13.2. The summed E-state index contributed by atoms with van der Waals surface area (Å²) in [4.78, 5) is 4.82. The second-order valence-electron chi connectivity index (χ2n) is 8.28. The first-order valence-electron chi connectivity index (χ1n) is 9.93. The molecule has 7 heteroatoms. The van der Waals surface area contributed by atoms with Crippen LogP contribution in [-0.2, 0) is 5.54 Å². The Hall–Kier alpha value is -2.02. The van der Waals surface area contributed by atoms with E-state index >= 15 is 0 Å². The molecule has 1 aliphatic heterocycles. The molecule has 6 nitrogen and oxygen atoms in total. The number of aromatic nitrogens is 4. The number of anilines is 1. The largest absolute Gasteiger partial charge is 0.369 e. The third-order valence-corrected chi connectivity index (χ3v) is 5.21. The van der Waals surface area contributed by atoms with Crippen molar-refractivity contribution in [3.63, 3.8) is 0 Å². The Bertz CT molecular complexity index is 713. The van der Waals surface area contributed by atoms with Gasteiger partial charge < -0.3 is 4.90 Å². The van der Waals surface area contributed by atoms with Gasteiger partial charge in [0.15, 0.2) is 5.82 Å². The summed E-state index contributed by atoms with van der Waals surface area (Å²) in [7, 11) is 0. The Morgan fingerprint density at radius 3 is 2.33 bits per heavy atom. The highest BCUT2D eigenvalue weighted by atomic mass is 19.1. The fourth-order valence-electron chi connectivity index (χ4n) is 3.70. The Morgan fingerprint density at radius 1 is 1.07 bits per heavy atom. The minimum Gasteiger partial charge on any atom is -0.369 e. The van der Waals surface area contributed by atoms with Gasteiger partial charge in [-0.1, -0.05) is 19.8 Å². The zero-order valence-electron chi connectivity index (χ0n) is 16.9. The first kappa shape index (κ1) is 19.7. The molecule has 0 unspecified atom stereocenters. The predicted octanol–water partition coefficient (Wildman–Crippen LogP) is 3.62. The van der Waals surface area contributed by atoms with Crippen molar-refractivity contribution in [2.45, 2.75) is 58.5 Å². The summed E-state index contributed by atoms with van der Waals surface area (Å²) in [6.07, 6.45) is 3.37. The molecule has 0 N–H and O–H groups in total. The highest BCUT2D eigenvalue weighted by molar-refractivity contribution is 5.46. The molecule has 2 aromatic rings. The summed E-state index contributed by atoms with van der Waals surface area (Å²) in [5.41, 5.74) is 0.944. The van der Waals surface area contributed by atoms with E-state index in [4.69, 9.17) is 0 Å². The summed E-state index contributed by atoms with van der Waals surface area (Å²) in [5.74, 6) is 0.775. The van der Waals surface area contributed by atoms with Crippen LogP contribution in [0.15, 0.2) is 24.3 Å². The van der Waals surface area contributed by atoms with Crippen molar-refractivity contribution < 1.29 is 4.39 Å². The molecule has 1 aliphatic rings. The van der Waals surface area contributed by atoms with Gasteiger partial charge in [0.1, 0.15) is 5.82 Å². The van der Waals surface area contributed by atoms with Crippen molar-refractivity contribution in [3.8, 4) is 0 Å². The second-order valence-corrected chi connectivity index (χ2v) is 8.28. The van der Waals surface area contributed by atoms with Crippen LogP contribution in [0.2, 0.25) is 0 Å². The van der Waals surface area contributed by atoms with Gasteiger partial charge in [-0.15, -0.1) is 5.10 Å². The van der Waals surface area contributed by atoms with E-state index in [0.29, 0.717) is 0 Å². The molecular formula is C20H31FN6. The SMILES string of the molecule is CCCC[C@@H](c1nnnn1C(C)(C)C)N1CCN(c2ccc(F)cc2)CC1. The van der Waals surface area contributed by atoms with E-state index in [1.807, 2.05) is 16.8 Å². The lowest BCUT2D eigenvalue weighted by Crippen LogP contribution is -2.48. The van der Waals surface area contributed by atoms with Crippen LogP contribution in [0.25, 0.3) is 0 Å². The van der Waals surface area contributed by atoms with Crippen molar-refractivity contribution in [3.05, 3.63) is 35.9 Å². The molecule has 1 fully saturated rings. The molecule has 1 aromatic carbocycles. The van der Waals surface area contributed by atoms with Gasteiger partial charge in [0.05, 0.1) is 11.6 Å². The summed E-state index contributed by atoms with van der Waals surface area (Å²) in [5, 5.41) is 12.6. The summed E-state index contributed by atoms with van der Waals surface area (Å²) in [6, 6.07) is 7.01. The molecule has 0 saturated carbocycles. The van der Waals surface area contributed by atoms with Gasteiger partial charge in [0.2, 0.25) is 0 Å². The van der Waals surface area contributed by atoms with Gasteiger partial charge in [-0.3, -0.25) is 4.90 Å².